The minimum Gasteiger partial charge on any atom is -0.389 e. The van der Waals surface area contributed by atoms with Crippen LogP contribution in [-0.4, -0.2) is 14.5 Å². The second-order valence-electron chi connectivity index (χ2n) is 3.99. The molecule has 1 aromatic carbocycles. The van der Waals surface area contributed by atoms with E-state index >= 15 is 0 Å². The van der Waals surface area contributed by atoms with Crippen molar-refractivity contribution in [3.05, 3.63) is 47.8 Å². The summed E-state index contributed by atoms with van der Waals surface area (Å²) in [4.78, 5) is 4.42. The number of nitrogens with zero attached hydrogens (tertiary/aromatic N) is 2. The molecule has 2 N–H and O–H groups in total. The Morgan fingerprint density at radius 2 is 2.28 bits per heavy atom. The van der Waals surface area contributed by atoms with Gasteiger partial charge in [0.2, 0.25) is 0 Å². The minimum atomic E-state index is -0.351. The fourth-order valence-electron chi connectivity index (χ4n) is 1.82. The molecule has 0 fully saturated rings. The molecule has 2 aromatic rings. The van der Waals surface area contributed by atoms with E-state index in [1.54, 1.807) is 29.1 Å². The number of imidazole rings is 1. The van der Waals surface area contributed by atoms with Crippen LogP contribution in [0.2, 0.25) is 0 Å². The van der Waals surface area contributed by atoms with Gasteiger partial charge in [-0.2, -0.15) is 0 Å². The van der Waals surface area contributed by atoms with E-state index in [2.05, 4.69) is 11.9 Å². The van der Waals surface area contributed by atoms with Crippen LogP contribution in [0.15, 0.2) is 30.6 Å². The molecule has 0 aliphatic rings. The van der Waals surface area contributed by atoms with Crippen LogP contribution < -0.4 is 5.73 Å². The lowest BCUT2D eigenvalue weighted by Crippen LogP contribution is -2.11. The molecule has 0 radical (unpaired) electrons. The lowest BCUT2D eigenvalue weighted by molar-refractivity contribution is 0.614. The fourth-order valence-corrected chi connectivity index (χ4v) is 1.94. The molecule has 0 unspecified atom stereocenters. The maximum atomic E-state index is 14.0. The first-order chi connectivity index (χ1) is 8.63. The van der Waals surface area contributed by atoms with Crippen molar-refractivity contribution in [2.45, 2.75) is 19.8 Å². The van der Waals surface area contributed by atoms with E-state index in [4.69, 9.17) is 18.0 Å². The van der Waals surface area contributed by atoms with Crippen molar-refractivity contribution in [1.29, 1.82) is 0 Å². The third-order valence-corrected chi connectivity index (χ3v) is 2.92. The summed E-state index contributed by atoms with van der Waals surface area (Å²) in [6, 6.07) is 4.74. The second-order valence-corrected chi connectivity index (χ2v) is 4.43. The molecule has 0 amide bonds. The van der Waals surface area contributed by atoms with Gasteiger partial charge in [-0.1, -0.05) is 19.1 Å². The quantitative estimate of drug-likeness (QED) is 0.862. The maximum absolute atomic E-state index is 14.0. The van der Waals surface area contributed by atoms with Gasteiger partial charge in [-0.05, 0) is 24.6 Å². The van der Waals surface area contributed by atoms with Gasteiger partial charge in [0.25, 0.3) is 0 Å². The predicted molar refractivity (Wildman–Crippen MR) is 73.4 cm³/mol. The van der Waals surface area contributed by atoms with E-state index in [0.717, 1.165) is 18.7 Å². The molecule has 0 aliphatic heterocycles. The van der Waals surface area contributed by atoms with Crippen molar-refractivity contribution >= 4 is 17.2 Å². The van der Waals surface area contributed by atoms with Gasteiger partial charge in [0.15, 0.2) is 0 Å². The summed E-state index contributed by atoms with van der Waals surface area (Å²) in [5.74, 6) is 0.495. The Morgan fingerprint density at radius 1 is 1.50 bits per heavy atom. The Kier molecular flexibility index (Phi) is 3.72. The first-order valence-corrected chi connectivity index (χ1v) is 6.16. The van der Waals surface area contributed by atoms with Crippen LogP contribution in [0.1, 0.15) is 24.7 Å². The van der Waals surface area contributed by atoms with Gasteiger partial charge in [-0.3, -0.25) is 0 Å². The summed E-state index contributed by atoms with van der Waals surface area (Å²) in [6.45, 7) is 2.06. The van der Waals surface area contributed by atoms with Gasteiger partial charge in [0, 0.05) is 24.4 Å². The molecule has 18 heavy (non-hydrogen) atoms. The number of aryl methyl sites for hydroxylation is 1. The number of hydrogen-bond donors (Lipinski definition) is 1. The molecule has 0 saturated carbocycles. The number of aromatic nitrogens is 2. The molecular formula is C13H14FN3S. The van der Waals surface area contributed by atoms with Crippen molar-refractivity contribution in [3.8, 4) is 5.69 Å². The number of benzene rings is 1. The zero-order chi connectivity index (χ0) is 13.1. The maximum Gasteiger partial charge on any atom is 0.147 e. The van der Waals surface area contributed by atoms with Gasteiger partial charge < -0.3 is 10.3 Å². The molecule has 0 bridgehead atoms. The highest BCUT2D eigenvalue weighted by Crippen LogP contribution is 2.17. The molecule has 2 rings (SSSR count). The third kappa shape index (κ3) is 2.41. The van der Waals surface area contributed by atoms with Crippen molar-refractivity contribution in [2.75, 3.05) is 0 Å². The standard InChI is InChI=1S/C13H14FN3S/c1-2-3-12-16-6-7-17(12)11-5-4-9(13(15)18)8-10(11)14/h4-8H,2-3H2,1H3,(H2,15,18). The SMILES string of the molecule is CCCc1nccn1-c1ccc(C(N)=S)cc1F. The molecule has 0 atom stereocenters. The van der Waals surface area contributed by atoms with Crippen LogP contribution in [0.25, 0.3) is 5.69 Å². The molecule has 5 heteroatoms. The second kappa shape index (κ2) is 5.27. The smallest absolute Gasteiger partial charge is 0.147 e. The van der Waals surface area contributed by atoms with Crippen LogP contribution in [0, 0.1) is 5.82 Å². The first kappa shape index (κ1) is 12.7. The number of halogens is 1. The van der Waals surface area contributed by atoms with Gasteiger partial charge in [0.1, 0.15) is 16.6 Å². The van der Waals surface area contributed by atoms with Crippen LogP contribution in [0.4, 0.5) is 4.39 Å². The third-order valence-electron chi connectivity index (χ3n) is 2.68. The Labute approximate surface area is 110 Å². The molecule has 0 spiro atoms. The summed E-state index contributed by atoms with van der Waals surface area (Å²) in [5, 5.41) is 0. The summed E-state index contributed by atoms with van der Waals surface area (Å²) >= 11 is 4.82. The summed E-state index contributed by atoms with van der Waals surface area (Å²) in [6.07, 6.45) is 5.20. The van der Waals surface area contributed by atoms with Crippen LogP contribution >= 0.6 is 12.2 Å². The molecule has 1 aromatic heterocycles. The largest absolute Gasteiger partial charge is 0.389 e. The number of thiocarbonyl (C=S) groups is 1. The van der Waals surface area contributed by atoms with Crippen molar-refractivity contribution in [1.82, 2.24) is 9.55 Å². The molecule has 0 saturated heterocycles. The first-order valence-electron chi connectivity index (χ1n) is 5.75. The van der Waals surface area contributed by atoms with Gasteiger partial charge in [0.05, 0.1) is 5.69 Å². The van der Waals surface area contributed by atoms with Crippen molar-refractivity contribution in [2.24, 2.45) is 5.73 Å². The van der Waals surface area contributed by atoms with Crippen LogP contribution in [0.5, 0.6) is 0 Å². The lowest BCUT2D eigenvalue weighted by Gasteiger charge is -2.09. The minimum absolute atomic E-state index is 0.194. The van der Waals surface area contributed by atoms with Gasteiger partial charge in [-0.25, -0.2) is 9.37 Å². The Bertz CT molecular complexity index is 577. The van der Waals surface area contributed by atoms with Crippen LogP contribution in [-0.2, 0) is 6.42 Å². The predicted octanol–water partition coefficient (Wildman–Crippen LogP) is 2.60. The lowest BCUT2D eigenvalue weighted by atomic mass is 10.2. The summed E-state index contributed by atoms with van der Waals surface area (Å²) in [5.41, 5.74) is 6.47. The average Bonchev–Trinajstić information content (AvgIpc) is 2.77. The van der Waals surface area contributed by atoms with Gasteiger partial charge in [-0.15, -0.1) is 0 Å². The molecule has 3 nitrogen and oxygen atoms in total. The van der Waals surface area contributed by atoms with Crippen molar-refractivity contribution < 1.29 is 4.39 Å². The molecule has 0 aliphatic carbocycles. The highest BCUT2D eigenvalue weighted by Gasteiger charge is 2.10. The van der Waals surface area contributed by atoms with Gasteiger partial charge >= 0.3 is 0 Å². The summed E-state index contributed by atoms with van der Waals surface area (Å²) in [7, 11) is 0. The Morgan fingerprint density at radius 3 is 2.89 bits per heavy atom. The average molecular weight is 263 g/mol. The Balaban J connectivity index is 2.44. The van der Waals surface area contributed by atoms with E-state index in [0.29, 0.717) is 11.3 Å². The fraction of sp³-hybridized carbons (Fsp3) is 0.231. The highest BCUT2D eigenvalue weighted by molar-refractivity contribution is 7.80. The zero-order valence-electron chi connectivity index (χ0n) is 10.1. The summed E-state index contributed by atoms with van der Waals surface area (Å²) < 4.78 is 15.8. The van der Waals surface area contributed by atoms with Crippen LogP contribution in [0.3, 0.4) is 0 Å². The molecule has 94 valence electrons. The van der Waals surface area contributed by atoms with E-state index in [9.17, 15) is 4.39 Å². The van der Waals surface area contributed by atoms with E-state index in [-0.39, 0.29) is 10.8 Å². The Hall–Kier alpha value is -1.75. The molecule has 1 heterocycles. The number of nitrogens with two attached hydrogens (primary N) is 1. The van der Waals surface area contributed by atoms with E-state index in [1.807, 2.05) is 0 Å². The monoisotopic (exact) mass is 263 g/mol. The normalized spacial score (nSPS) is 10.6. The number of hydrogen-bond acceptors (Lipinski definition) is 2. The molecular weight excluding hydrogens is 249 g/mol. The van der Waals surface area contributed by atoms with E-state index < -0.39 is 0 Å². The highest BCUT2D eigenvalue weighted by atomic mass is 32.1. The number of rotatable bonds is 4. The van der Waals surface area contributed by atoms with Crippen molar-refractivity contribution in [3.63, 3.8) is 0 Å². The zero-order valence-corrected chi connectivity index (χ0v) is 10.9. The topological polar surface area (TPSA) is 43.8 Å². The van der Waals surface area contributed by atoms with E-state index in [1.165, 1.54) is 6.07 Å².